The Morgan fingerprint density at radius 2 is 2.00 bits per heavy atom. The van der Waals surface area contributed by atoms with Crippen LogP contribution < -0.4 is 10.6 Å². The monoisotopic (exact) mass is 517 g/mol. The van der Waals surface area contributed by atoms with Gasteiger partial charge in [0, 0.05) is 36.2 Å². The third-order valence-electron chi connectivity index (χ3n) is 5.11. The summed E-state index contributed by atoms with van der Waals surface area (Å²) >= 11 is 0. The maximum Gasteiger partial charge on any atom is 0.191 e. The van der Waals surface area contributed by atoms with Crippen LogP contribution >= 0.6 is 24.0 Å². The van der Waals surface area contributed by atoms with Gasteiger partial charge in [-0.25, -0.2) is 4.39 Å². The van der Waals surface area contributed by atoms with Crippen LogP contribution in [0.15, 0.2) is 29.4 Å². The van der Waals surface area contributed by atoms with Crippen LogP contribution in [0.3, 0.4) is 0 Å². The molecule has 0 radical (unpaired) electrons. The number of H-pyrrole nitrogens is 1. The minimum Gasteiger partial charge on any atom is -0.361 e. The Morgan fingerprint density at radius 3 is 2.69 bits per heavy atom. The standard InChI is InChI=1S/C22H36FN5.HI/c1-5-24-22(27-17(4)9-8-14-28(6-2)7-3)25-13-12-18-16-26-21-11-10-19(23)15-20(18)21;/h10-11,15-17,26H,5-9,12-14H2,1-4H3,(H2,24,25,27);1H. The number of benzene rings is 1. The van der Waals surface area contributed by atoms with Crippen molar-refractivity contribution < 1.29 is 4.39 Å². The first kappa shape index (κ1) is 25.7. The fourth-order valence-electron chi connectivity index (χ4n) is 3.43. The topological polar surface area (TPSA) is 55.5 Å². The summed E-state index contributed by atoms with van der Waals surface area (Å²) in [5.74, 6) is 0.647. The molecule has 5 nitrogen and oxygen atoms in total. The highest BCUT2D eigenvalue weighted by Gasteiger charge is 2.08. The van der Waals surface area contributed by atoms with Crippen LogP contribution in [0.25, 0.3) is 10.9 Å². The van der Waals surface area contributed by atoms with Gasteiger partial charge < -0.3 is 20.5 Å². The van der Waals surface area contributed by atoms with Gasteiger partial charge in [-0.1, -0.05) is 13.8 Å². The SMILES string of the molecule is CCNC(=NCCc1c[nH]c2ccc(F)cc12)NC(C)CCCN(CC)CC.I. The number of guanidine groups is 1. The molecule has 0 aliphatic rings. The molecule has 0 aliphatic carbocycles. The van der Waals surface area contributed by atoms with Crippen molar-refractivity contribution in [3.63, 3.8) is 0 Å². The normalized spacial score (nSPS) is 12.8. The highest BCUT2D eigenvalue weighted by molar-refractivity contribution is 14.0. The Balaban J connectivity index is 0.00000420. The Bertz CT molecular complexity index is 742. The molecule has 0 saturated heterocycles. The molecular weight excluding hydrogens is 480 g/mol. The molecule has 7 heteroatoms. The lowest BCUT2D eigenvalue weighted by molar-refractivity contribution is 0.292. The number of aliphatic imine (C=N–C) groups is 1. The van der Waals surface area contributed by atoms with Crippen molar-refractivity contribution in [2.24, 2.45) is 4.99 Å². The molecule has 0 aliphatic heterocycles. The van der Waals surface area contributed by atoms with Crippen molar-refractivity contribution in [3.8, 4) is 0 Å². The highest BCUT2D eigenvalue weighted by Crippen LogP contribution is 2.19. The average Bonchev–Trinajstić information content (AvgIpc) is 3.07. The van der Waals surface area contributed by atoms with Crippen LogP contribution in [0.1, 0.15) is 46.1 Å². The molecule has 1 aromatic heterocycles. The van der Waals surface area contributed by atoms with Gasteiger partial charge in [-0.2, -0.15) is 0 Å². The lowest BCUT2D eigenvalue weighted by Gasteiger charge is -2.21. The van der Waals surface area contributed by atoms with Crippen molar-refractivity contribution in [1.82, 2.24) is 20.5 Å². The number of fused-ring (bicyclic) bond motifs is 1. The van der Waals surface area contributed by atoms with Gasteiger partial charge in [-0.05, 0) is 76.5 Å². The molecule has 0 saturated carbocycles. The van der Waals surface area contributed by atoms with E-state index in [1.165, 1.54) is 12.5 Å². The van der Waals surface area contributed by atoms with Crippen molar-refractivity contribution in [2.45, 2.75) is 53.0 Å². The number of nitrogens with one attached hydrogen (secondary N) is 3. The van der Waals surface area contributed by atoms with Gasteiger partial charge in [-0.3, -0.25) is 4.99 Å². The summed E-state index contributed by atoms with van der Waals surface area (Å²) in [5, 5.41) is 7.77. The molecular formula is C22H37FIN5. The second kappa shape index (κ2) is 13.8. The zero-order chi connectivity index (χ0) is 20.4. The molecule has 0 fully saturated rings. The van der Waals surface area contributed by atoms with E-state index in [2.05, 4.69) is 48.2 Å². The van der Waals surface area contributed by atoms with Crippen LogP contribution in [0.2, 0.25) is 0 Å². The molecule has 0 amide bonds. The van der Waals surface area contributed by atoms with E-state index in [0.717, 1.165) is 61.4 Å². The molecule has 2 aromatic rings. The smallest absolute Gasteiger partial charge is 0.191 e. The molecule has 2 rings (SSSR count). The van der Waals surface area contributed by atoms with E-state index in [9.17, 15) is 4.39 Å². The summed E-state index contributed by atoms with van der Waals surface area (Å²) in [7, 11) is 0. The van der Waals surface area contributed by atoms with E-state index in [1.54, 1.807) is 12.1 Å². The third kappa shape index (κ3) is 8.50. The summed E-state index contributed by atoms with van der Waals surface area (Å²) in [6, 6.07) is 5.22. The summed E-state index contributed by atoms with van der Waals surface area (Å²) < 4.78 is 13.5. The van der Waals surface area contributed by atoms with E-state index < -0.39 is 0 Å². The summed E-state index contributed by atoms with van der Waals surface area (Å²) in [4.78, 5) is 10.4. The summed E-state index contributed by atoms with van der Waals surface area (Å²) in [5.41, 5.74) is 2.06. The van der Waals surface area contributed by atoms with Crippen molar-refractivity contribution in [2.75, 3.05) is 32.7 Å². The number of aromatic nitrogens is 1. The molecule has 3 N–H and O–H groups in total. The van der Waals surface area contributed by atoms with Gasteiger partial charge >= 0.3 is 0 Å². The van der Waals surface area contributed by atoms with E-state index in [4.69, 9.17) is 4.99 Å². The quantitative estimate of drug-likeness (QED) is 0.233. The maximum atomic E-state index is 13.5. The van der Waals surface area contributed by atoms with Gasteiger partial charge in [0.1, 0.15) is 5.82 Å². The number of hydrogen-bond donors (Lipinski definition) is 3. The summed E-state index contributed by atoms with van der Waals surface area (Å²) in [6.07, 6.45) is 5.02. The van der Waals surface area contributed by atoms with Gasteiger partial charge in [0.25, 0.3) is 0 Å². The Kier molecular flexibility index (Phi) is 12.2. The maximum absolute atomic E-state index is 13.5. The number of hydrogen-bond acceptors (Lipinski definition) is 2. The second-order valence-corrected chi connectivity index (χ2v) is 7.23. The van der Waals surface area contributed by atoms with Crippen LogP contribution in [-0.2, 0) is 6.42 Å². The largest absolute Gasteiger partial charge is 0.361 e. The first-order valence-corrected chi connectivity index (χ1v) is 10.6. The zero-order valence-corrected chi connectivity index (χ0v) is 20.6. The van der Waals surface area contributed by atoms with Gasteiger partial charge in [0.05, 0.1) is 0 Å². The average molecular weight is 517 g/mol. The van der Waals surface area contributed by atoms with Crippen molar-refractivity contribution >= 4 is 40.8 Å². The minimum absolute atomic E-state index is 0. The van der Waals surface area contributed by atoms with Gasteiger partial charge in [0.15, 0.2) is 5.96 Å². The molecule has 1 aromatic carbocycles. The number of aromatic amines is 1. The fourth-order valence-corrected chi connectivity index (χ4v) is 3.43. The molecule has 0 bridgehead atoms. The first-order chi connectivity index (χ1) is 13.6. The molecule has 164 valence electrons. The fraction of sp³-hybridized carbons (Fsp3) is 0.591. The second-order valence-electron chi connectivity index (χ2n) is 7.23. The van der Waals surface area contributed by atoms with Crippen LogP contribution in [0, 0.1) is 5.82 Å². The van der Waals surface area contributed by atoms with Crippen LogP contribution in [0.5, 0.6) is 0 Å². The van der Waals surface area contributed by atoms with Crippen molar-refractivity contribution in [3.05, 3.63) is 35.8 Å². The third-order valence-corrected chi connectivity index (χ3v) is 5.11. The Labute approximate surface area is 191 Å². The zero-order valence-electron chi connectivity index (χ0n) is 18.2. The molecule has 0 spiro atoms. The van der Waals surface area contributed by atoms with Crippen LogP contribution in [0.4, 0.5) is 4.39 Å². The van der Waals surface area contributed by atoms with Gasteiger partial charge in [0.2, 0.25) is 0 Å². The number of rotatable bonds is 11. The minimum atomic E-state index is -0.203. The summed E-state index contributed by atoms with van der Waals surface area (Å²) in [6.45, 7) is 13.6. The van der Waals surface area contributed by atoms with E-state index in [-0.39, 0.29) is 29.8 Å². The lowest BCUT2D eigenvalue weighted by atomic mass is 10.1. The molecule has 1 atom stereocenters. The lowest BCUT2D eigenvalue weighted by Crippen LogP contribution is -2.42. The predicted octanol–water partition coefficient (Wildman–Crippen LogP) is 4.53. The Hall–Kier alpha value is -1.35. The predicted molar refractivity (Wildman–Crippen MR) is 133 cm³/mol. The Morgan fingerprint density at radius 1 is 1.24 bits per heavy atom. The number of halogens is 2. The van der Waals surface area contributed by atoms with Crippen LogP contribution in [-0.4, -0.2) is 54.6 Å². The molecule has 29 heavy (non-hydrogen) atoms. The number of nitrogens with zero attached hydrogens (tertiary/aromatic N) is 2. The van der Waals surface area contributed by atoms with Crippen molar-refractivity contribution in [1.29, 1.82) is 0 Å². The first-order valence-electron chi connectivity index (χ1n) is 10.6. The van der Waals surface area contributed by atoms with E-state index >= 15 is 0 Å². The highest BCUT2D eigenvalue weighted by atomic mass is 127. The molecule has 1 unspecified atom stereocenters. The van der Waals surface area contributed by atoms with E-state index in [1.807, 2.05) is 6.20 Å². The molecule has 1 heterocycles. The van der Waals surface area contributed by atoms with E-state index in [0.29, 0.717) is 12.6 Å². The van der Waals surface area contributed by atoms with Gasteiger partial charge in [-0.15, -0.1) is 24.0 Å².